The van der Waals surface area contributed by atoms with Crippen molar-refractivity contribution in [2.75, 3.05) is 0 Å². The molecule has 21 heavy (non-hydrogen) atoms. The van der Waals surface area contributed by atoms with Gasteiger partial charge in [-0.05, 0) is 37.3 Å². The highest BCUT2D eigenvalue weighted by atomic mass is 35.5. The molecule has 0 fully saturated rings. The summed E-state index contributed by atoms with van der Waals surface area (Å²) in [5.41, 5.74) is 1.77. The molecule has 0 saturated heterocycles. The fraction of sp³-hybridized carbons (Fsp3) is 0.0714. The number of halogens is 3. The first-order valence-electron chi connectivity index (χ1n) is 6.05. The minimum absolute atomic E-state index is 0.373. The molecule has 4 nitrogen and oxygen atoms in total. The van der Waals surface area contributed by atoms with E-state index in [1.54, 1.807) is 35.6 Å². The van der Waals surface area contributed by atoms with Crippen LogP contribution >= 0.6 is 23.2 Å². The summed E-state index contributed by atoms with van der Waals surface area (Å²) >= 11 is 11.8. The zero-order valence-electron chi connectivity index (χ0n) is 10.9. The lowest BCUT2D eigenvalue weighted by molar-refractivity contribution is 0.619. The number of hydrogen-bond donors (Lipinski definition) is 0. The van der Waals surface area contributed by atoms with Gasteiger partial charge in [-0.3, -0.25) is 4.40 Å². The number of imidazole rings is 1. The number of nitrogens with zero attached hydrogens (tertiary/aromatic N) is 4. The first kappa shape index (κ1) is 14.0. The van der Waals surface area contributed by atoms with Crippen LogP contribution < -0.4 is 0 Å². The molecule has 0 radical (unpaired) electrons. The van der Waals surface area contributed by atoms with E-state index in [1.165, 1.54) is 12.3 Å². The number of fused-ring (bicyclic) bond motifs is 1. The summed E-state index contributed by atoms with van der Waals surface area (Å²) < 4.78 is 14.9. The van der Waals surface area contributed by atoms with E-state index in [4.69, 9.17) is 23.2 Å². The molecule has 2 aromatic heterocycles. The second-order valence-electron chi connectivity index (χ2n) is 4.42. The Morgan fingerprint density at radius 1 is 1.10 bits per heavy atom. The fourth-order valence-electron chi connectivity index (χ4n) is 1.95. The van der Waals surface area contributed by atoms with Crippen LogP contribution in [0.15, 0.2) is 46.8 Å². The van der Waals surface area contributed by atoms with E-state index in [0.717, 1.165) is 0 Å². The predicted molar refractivity (Wildman–Crippen MR) is 80.5 cm³/mol. The SMILES string of the molecule is Cc1nc2ccc(F)cn2c1N=Nc1cc(Cl)cc(Cl)c1. The molecule has 1 aromatic carbocycles. The highest BCUT2D eigenvalue weighted by Crippen LogP contribution is 2.27. The van der Waals surface area contributed by atoms with Crippen LogP contribution in [0.2, 0.25) is 10.0 Å². The molecule has 0 atom stereocenters. The highest BCUT2D eigenvalue weighted by Gasteiger charge is 2.08. The maximum absolute atomic E-state index is 13.3. The first-order chi connectivity index (χ1) is 10.0. The molecule has 3 aromatic rings. The van der Waals surface area contributed by atoms with Gasteiger partial charge in [0.05, 0.1) is 11.4 Å². The van der Waals surface area contributed by atoms with Gasteiger partial charge in [0.2, 0.25) is 0 Å². The van der Waals surface area contributed by atoms with Gasteiger partial charge in [-0.2, -0.15) is 0 Å². The van der Waals surface area contributed by atoms with Crippen molar-refractivity contribution in [3.05, 3.63) is 58.1 Å². The maximum Gasteiger partial charge on any atom is 0.182 e. The Bertz CT molecular complexity index is 837. The zero-order chi connectivity index (χ0) is 15.0. The molecule has 0 aliphatic rings. The van der Waals surface area contributed by atoms with E-state index in [-0.39, 0.29) is 5.82 Å². The quantitative estimate of drug-likeness (QED) is 0.574. The number of pyridine rings is 1. The summed E-state index contributed by atoms with van der Waals surface area (Å²) in [5.74, 6) is 0.0859. The topological polar surface area (TPSA) is 42.0 Å². The molecule has 0 amide bonds. The minimum atomic E-state index is -0.373. The second-order valence-corrected chi connectivity index (χ2v) is 5.30. The van der Waals surface area contributed by atoms with Crippen LogP contribution in [0.25, 0.3) is 5.65 Å². The van der Waals surface area contributed by atoms with Gasteiger partial charge < -0.3 is 0 Å². The minimum Gasteiger partial charge on any atom is -0.280 e. The van der Waals surface area contributed by atoms with Gasteiger partial charge in [0, 0.05) is 16.2 Å². The summed E-state index contributed by atoms with van der Waals surface area (Å²) in [5, 5.41) is 9.15. The molecule has 2 heterocycles. The molecule has 0 bridgehead atoms. The summed E-state index contributed by atoms with van der Waals surface area (Å²) in [6.45, 7) is 1.78. The number of hydrogen-bond acceptors (Lipinski definition) is 3. The van der Waals surface area contributed by atoms with Crippen molar-refractivity contribution in [3.8, 4) is 0 Å². The molecule has 3 rings (SSSR count). The number of aryl methyl sites for hydroxylation is 1. The van der Waals surface area contributed by atoms with E-state index in [0.29, 0.717) is 32.9 Å². The summed E-state index contributed by atoms with van der Waals surface area (Å²) in [6.07, 6.45) is 1.31. The van der Waals surface area contributed by atoms with Crippen molar-refractivity contribution in [2.45, 2.75) is 6.92 Å². The van der Waals surface area contributed by atoms with Crippen molar-refractivity contribution in [2.24, 2.45) is 10.2 Å². The van der Waals surface area contributed by atoms with Gasteiger partial charge in [0.25, 0.3) is 0 Å². The second kappa shape index (κ2) is 5.42. The summed E-state index contributed by atoms with van der Waals surface area (Å²) in [4.78, 5) is 4.29. The lowest BCUT2D eigenvalue weighted by atomic mass is 10.3. The van der Waals surface area contributed by atoms with Crippen LogP contribution in [0.3, 0.4) is 0 Å². The zero-order valence-corrected chi connectivity index (χ0v) is 12.4. The number of aromatic nitrogens is 2. The third kappa shape index (κ3) is 2.89. The molecular weight excluding hydrogens is 314 g/mol. The van der Waals surface area contributed by atoms with Gasteiger partial charge in [-0.15, -0.1) is 10.2 Å². The van der Waals surface area contributed by atoms with E-state index < -0.39 is 0 Å². The fourth-order valence-corrected chi connectivity index (χ4v) is 2.46. The van der Waals surface area contributed by atoms with Crippen molar-refractivity contribution < 1.29 is 4.39 Å². The molecule has 0 spiro atoms. The Morgan fingerprint density at radius 3 is 2.52 bits per heavy atom. The average molecular weight is 323 g/mol. The predicted octanol–water partition coefficient (Wildman–Crippen LogP) is 5.50. The van der Waals surface area contributed by atoms with Crippen LogP contribution in [0.4, 0.5) is 15.9 Å². The molecule has 0 unspecified atom stereocenters. The van der Waals surface area contributed by atoms with Gasteiger partial charge >= 0.3 is 0 Å². The van der Waals surface area contributed by atoms with Crippen molar-refractivity contribution in [1.29, 1.82) is 0 Å². The lowest BCUT2D eigenvalue weighted by Crippen LogP contribution is -1.85. The standard InChI is InChI=1S/C14H9Cl2FN4/c1-8-14(21-7-11(17)2-3-13(21)18-8)20-19-12-5-9(15)4-10(16)6-12/h2-7H,1H3. The van der Waals surface area contributed by atoms with Crippen LogP contribution in [0.1, 0.15) is 5.69 Å². The van der Waals surface area contributed by atoms with Crippen LogP contribution in [-0.2, 0) is 0 Å². The van der Waals surface area contributed by atoms with Crippen LogP contribution in [0, 0.1) is 12.7 Å². The van der Waals surface area contributed by atoms with E-state index in [9.17, 15) is 4.39 Å². The Balaban J connectivity index is 2.06. The number of benzene rings is 1. The molecule has 7 heteroatoms. The van der Waals surface area contributed by atoms with Crippen molar-refractivity contribution >= 4 is 40.4 Å². The van der Waals surface area contributed by atoms with Crippen LogP contribution in [-0.4, -0.2) is 9.38 Å². The van der Waals surface area contributed by atoms with Gasteiger partial charge in [-0.25, -0.2) is 9.37 Å². The Morgan fingerprint density at radius 2 is 1.81 bits per heavy atom. The van der Waals surface area contributed by atoms with E-state index >= 15 is 0 Å². The number of azo groups is 1. The van der Waals surface area contributed by atoms with E-state index in [1.807, 2.05) is 0 Å². The van der Waals surface area contributed by atoms with Crippen LogP contribution in [0.5, 0.6) is 0 Å². The van der Waals surface area contributed by atoms with Crippen molar-refractivity contribution in [1.82, 2.24) is 9.38 Å². The molecule has 0 aliphatic heterocycles. The first-order valence-corrected chi connectivity index (χ1v) is 6.80. The molecule has 0 saturated carbocycles. The average Bonchev–Trinajstić information content (AvgIpc) is 2.70. The van der Waals surface area contributed by atoms with Crippen molar-refractivity contribution in [3.63, 3.8) is 0 Å². The Labute approximate surface area is 129 Å². The molecule has 0 aliphatic carbocycles. The maximum atomic E-state index is 13.3. The van der Waals surface area contributed by atoms with Gasteiger partial charge in [-0.1, -0.05) is 23.2 Å². The van der Waals surface area contributed by atoms with Gasteiger partial charge in [0.15, 0.2) is 5.82 Å². The highest BCUT2D eigenvalue weighted by molar-refractivity contribution is 6.35. The third-order valence-electron chi connectivity index (χ3n) is 2.83. The monoisotopic (exact) mass is 322 g/mol. The Kier molecular flexibility index (Phi) is 3.61. The summed E-state index contributed by atoms with van der Waals surface area (Å²) in [7, 11) is 0. The lowest BCUT2D eigenvalue weighted by Gasteiger charge is -1.98. The summed E-state index contributed by atoms with van der Waals surface area (Å²) in [6, 6.07) is 7.81. The molecule has 106 valence electrons. The molecular formula is C14H9Cl2FN4. The third-order valence-corrected chi connectivity index (χ3v) is 3.27. The van der Waals surface area contributed by atoms with Gasteiger partial charge in [0.1, 0.15) is 11.5 Å². The molecule has 0 N–H and O–H groups in total. The Hall–Kier alpha value is -1.98. The number of rotatable bonds is 2. The smallest absolute Gasteiger partial charge is 0.182 e. The largest absolute Gasteiger partial charge is 0.280 e. The van der Waals surface area contributed by atoms with E-state index in [2.05, 4.69) is 15.2 Å². The normalized spacial score (nSPS) is 11.6.